The summed E-state index contributed by atoms with van der Waals surface area (Å²) < 4.78 is 13.1. The average Bonchev–Trinajstić information content (AvgIpc) is 2.67. The largest absolute Gasteiger partial charge is 0.337 e. The third-order valence-corrected chi connectivity index (χ3v) is 2.94. The third kappa shape index (κ3) is 2.07. The van der Waals surface area contributed by atoms with Crippen molar-refractivity contribution in [2.24, 2.45) is 5.73 Å². The quantitative estimate of drug-likeness (QED) is 0.778. The van der Waals surface area contributed by atoms with Crippen LogP contribution >= 0.6 is 0 Å². The van der Waals surface area contributed by atoms with Crippen LogP contribution in [0.2, 0.25) is 0 Å². The molecule has 3 nitrogen and oxygen atoms in total. The smallest absolute Gasteiger partial charge is 0.254 e. The first kappa shape index (κ1) is 11.1. The number of nitrogens with zero attached hydrogens (tertiary/aromatic N) is 1. The molecule has 1 aliphatic rings. The molecule has 1 aromatic rings. The molecule has 0 spiro atoms. The summed E-state index contributed by atoms with van der Waals surface area (Å²) in [6.07, 6.45) is 0.820. The lowest BCUT2D eigenvalue weighted by Crippen LogP contribution is -2.32. The maximum Gasteiger partial charge on any atom is 0.254 e. The second kappa shape index (κ2) is 4.22. The molecule has 1 aliphatic heterocycles. The van der Waals surface area contributed by atoms with Crippen molar-refractivity contribution in [1.29, 1.82) is 0 Å². The second-order valence-corrected chi connectivity index (χ2v) is 4.26. The van der Waals surface area contributed by atoms with E-state index in [0.717, 1.165) is 12.0 Å². The summed E-state index contributed by atoms with van der Waals surface area (Å²) in [6, 6.07) is 4.33. The minimum Gasteiger partial charge on any atom is -0.337 e. The first-order valence-electron chi connectivity index (χ1n) is 5.39. The van der Waals surface area contributed by atoms with Crippen molar-refractivity contribution < 1.29 is 9.18 Å². The van der Waals surface area contributed by atoms with Crippen LogP contribution in [0.25, 0.3) is 0 Å². The number of carbonyl (C=O) groups excluding carboxylic acids is 1. The van der Waals surface area contributed by atoms with Crippen molar-refractivity contribution in [2.75, 3.05) is 13.1 Å². The molecule has 0 aliphatic carbocycles. The summed E-state index contributed by atoms with van der Waals surface area (Å²) >= 11 is 0. The summed E-state index contributed by atoms with van der Waals surface area (Å²) in [7, 11) is 0. The number of amides is 1. The van der Waals surface area contributed by atoms with Crippen molar-refractivity contribution in [3.63, 3.8) is 0 Å². The zero-order valence-electron chi connectivity index (χ0n) is 9.24. The molecule has 16 heavy (non-hydrogen) atoms. The van der Waals surface area contributed by atoms with Gasteiger partial charge >= 0.3 is 0 Å². The van der Waals surface area contributed by atoms with Crippen LogP contribution in [0.15, 0.2) is 18.2 Å². The highest BCUT2D eigenvalue weighted by atomic mass is 19.1. The number of benzene rings is 1. The van der Waals surface area contributed by atoms with Crippen LogP contribution in [0, 0.1) is 12.7 Å². The molecule has 1 heterocycles. The van der Waals surface area contributed by atoms with E-state index in [2.05, 4.69) is 0 Å². The SMILES string of the molecule is Cc1ccc(F)cc1C(=O)N1CCC(N)C1. The second-order valence-electron chi connectivity index (χ2n) is 4.26. The van der Waals surface area contributed by atoms with Crippen LogP contribution in [0.1, 0.15) is 22.3 Å². The lowest BCUT2D eigenvalue weighted by atomic mass is 10.1. The lowest BCUT2D eigenvalue weighted by Gasteiger charge is -2.17. The molecule has 4 heteroatoms. The Bertz CT molecular complexity index is 419. The predicted molar refractivity (Wildman–Crippen MR) is 59.6 cm³/mol. The van der Waals surface area contributed by atoms with Gasteiger partial charge in [-0.3, -0.25) is 4.79 Å². The van der Waals surface area contributed by atoms with Crippen molar-refractivity contribution in [3.8, 4) is 0 Å². The van der Waals surface area contributed by atoms with Gasteiger partial charge in [-0.05, 0) is 31.0 Å². The molecule has 1 aromatic carbocycles. The number of likely N-dealkylation sites (tertiary alicyclic amines) is 1. The lowest BCUT2D eigenvalue weighted by molar-refractivity contribution is 0.0789. The number of nitrogens with two attached hydrogens (primary N) is 1. The van der Waals surface area contributed by atoms with Gasteiger partial charge in [0.05, 0.1) is 0 Å². The highest BCUT2D eigenvalue weighted by molar-refractivity contribution is 5.95. The Hall–Kier alpha value is -1.42. The van der Waals surface area contributed by atoms with Gasteiger partial charge in [-0.2, -0.15) is 0 Å². The fourth-order valence-corrected chi connectivity index (χ4v) is 1.97. The van der Waals surface area contributed by atoms with Gasteiger partial charge in [-0.1, -0.05) is 6.07 Å². The number of hydrogen-bond donors (Lipinski definition) is 1. The molecular formula is C12H15FN2O. The van der Waals surface area contributed by atoms with Gasteiger partial charge in [-0.25, -0.2) is 4.39 Å². The summed E-state index contributed by atoms with van der Waals surface area (Å²) in [6.45, 7) is 3.04. The topological polar surface area (TPSA) is 46.3 Å². The van der Waals surface area contributed by atoms with Gasteiger partial charge in [0, 0.05) is 24.7 Å². The van der Waals surface area contributed by atoms with E-state index >= 15 is 0 Å². The molecular weight excluding hydrogens is 207 g/mol. The van der Waals surface area contributed by atoms with E-state index in [1.807, 2.05) is 6.92 Å². The summed E-state index contributed by atoms with van der Waals surface area (Å²) in [5.41, 5.74) is 6.98. The van der Waals surface area contributed by atoms with Crippen LogP contribution in [0.5, 0.6) is 0 Å². The summed E-state index contributed by atoms with van der Waals surface area (Å²) in [4.78, 5) is 13.8. The number of aryl methyl sites for hydroxylation is 1. The summed E-state index contributed by atoms with van der Waals surface area (Å²) in [5, 5.41) is 0. The van der Waals surface area contributed by atoms with Crippen LogP contribution in [-0.2, 0) is 0 Å². The molecule has 86 valence electrons. The first-order chi connectivity index (χ1) is 7.58. The predicted octanol–water partition coefficient (Wildman–Crippen LogP) is 1.31. The Morgan fingerprint density at radius 3 is 2.94 bits per heavy atom. The van der Waals surface area contributed by atoms with E-state index in [0.29, 0.717) is 18.7 Å². The van der Waals surface area contributed by atoms with E-state index in [-0.39, 0.29) is 17.8 Å². The fraction of sp³-hybridized carbons (Fsp3) is 0.417. The third-order valence-electron chi connectivity index (χ3n) is 2.94. The molecule has 0 aromatic heterocycles. The number of carbonyl (C=O) groups is 1. The fourth-order valence-electron chi connectivity index (χ4n) is 1.97. The van der Waals surface area contributed by atoms with Crippen molar-refractivity contribution in [2.45, 2.75) is 19.4 Å². The number of rotatable bonds is 1. The van der Waals surface area contributed by atoms with Gasteiger partial charge in [0.15, 0.2) is 0 Å². The Morgan fingerprint density at radius 1 is 1.56 bits per heavy atom. The van der Waals surface area contributed by atoms with E-state index in [4.69, 9.17) is 5.73 Å². The standard InChI is InChI=1S/C12H15FN2O/c1-8-2-3-9(13)6-11(8)12(16)15-5-4-10(14)7-15/h2-3,6,10H,4-5,7,14H2,1H3. The molecule has 0 saturated carbocycles. The highest BCUT2D eigenvalue weighted by Crippen LogP contribution is 2.16. The summed E-state index contributed by atoms with van der Waals surface area (Å²) in [5.74, 6) is -0.498. The average molecular weight is 222 g/mol. The normalized spacial score (nSPS) is 20.2. The molecule has 1 amide bonds. The van der Waals surface area contributed by atoms with Crippen molar-refractivity contribution >= 4 is 5.91 Å². The molecule has 2 rings (SSSR count). The maximum absolute atomic E-state index is 13.1. The number of halogens is 1. The molecule has 2 N–H and O–H groups in total. The zero-order chi connectivity index (χ0) is 11.7. The molecule has 1 unspecified atom stereocenters. The molecule has 1 fully saturated rings. The van der Waals surface area contributed by atoms with E-state index in [1.54, 1.807) is 11.0 Å². The Morgan fingerprint density at radius 2 is 2.31 bits per heavy atom. The van der Waals surface area contributed by atoms with Gasteiger partial charge < -0.3 is 10.6 Å². The van der Waals surface area contributed by atoms with Crippen LogP contribution < -0.4 is 5.73 Å². The zero-order valence-corrected chi connectivity index (χ0v) is 9.24. The van der Waals surface area contributed by atoms with E-state index in [9.17, 15) is 9.18 Å². The van der Waals surface area contributed by atoms with E-state index < -0.39 is 0 Å². The van der Waals surface area contributed by atoms with Crippen LogP contribution in [-0.4, -0.2) is 29.9 Å². The highest BCUT2D eigenvalue weighted by Gasteiger charge is 2.25. The first-order valence-corrected chi connectivity index (χ1v) is 5.39. The van der Waals surface area contributed by atoms with Crippen molar-refractivity contribution in [3.05, 3.63) is 35.1 Å². The Kier molecular flexibility index (Phi) is 2.92. The van der Waals surface area contributed by atoms with Gasteiger partial charge in [-0.15, -0.1) is 0 Å². The van der Waals surface area contributed by atoms with Gasteiger partial charge in [0.25, 0.3) is 5.91 Å². The Labute approximate surface area is 94.0 Å². The maximum atomic E-state index is 13.1. The molecule has 0 radical (unpaired) electrons. The minimum atomic E-state index is -0.377. The van der Waals surface area contributed by atoms with Gasteiger partial charge in [0.1, 0.15) is 5.82 Å². The number of hydrogen-bond acceptors (Lipinski definition) is 2. The van der Waals surface area contributed by atoms with Crippen LogP contribution in [0.3, 0.4) is 0 Å². The minimum absolute atomic E-state index is 0.0535. The van der Waals surface area contributed by atoms with E-state index in [1.165, 1.54) is 12.1 Å². The molecule has 0 bridgehead atoms. The Balaban J connectivity index is 2.23. The van der Waals surface area contributed by atoms with Gasteiger partial charge in [0.2, 0.25) is 0 Å². The van der Waals surface area contributed by atoms with Crippen molar-refractivity contribution in [1.82, 2.24) is 4.90 Å². The molecule has 1 saturated heterocycles. The monoisotopic (exact) mass is 222 g/mol. The van der Waals surface area contributed by atoms with Crippen LogP contribution in [0.4, 0.5) is 4.39 Å². The molecule has 1 atom stereocenters.